The van der Waals surface area contributed by atoms with Gasteiger partial charge in [0.25, 0.3) is 0 Å². The Kier molecular flexibility index (Phi) is 2.90. The largest absolute Gasteiger partial charge is 0.379 e. The van der Waals surface area contributed by atoms with Crippen molar-refractivity contribution in [2.45, 2.75) is 13.1 Å². The van der Waals surface area contributed by atoms with Crippen LogP contribution in [0.4, 0.5) is 5.82 Å². The molecule has 7 heteroatoms. The summed E-state index contributed by atoms with van der Waals surface area (Å²) in [5.74, 6) is 0.902. The molecule has 1 aromatic carbocycles. The van der Waals surface area contributed by atoms with Gasteiger partial charge in [-0.25, -0.2) is 9.61 Å². The number of hydrogen-bond donors (Lipinski definition) is 1. The highest BCUT2D eigenvalue weighted by molar-refractivity contribution is 5.81. The van der Waals surface area contributed by atoms with E-state index in [1.165, 1.54) is 0 Å². The molecule has 0 spiro atoms. The van der Waals surface area contributed by atoms with Crippen molar-refractivity contribution in [1.29, 1.82) is 0 Å². The van der Waals surface area contributed by atoms with E-state index in [1.54, 1.807) is 0 Å². The molecule has 20 heavy (non-hydrogen) atoms. The first-order valence-corrected chi connectivity index (χ1v) is 6.31. The summed E-state index contributed by atoms with van der Waals surface area (Å²) >= 11 is 0. The van der Waals surface area contributed by atoms with Crippen LogP contribution in [0.5, 0.6) is 0 Å². The first-order chi connectivity index (χ1) is 9.59. The van der Waals surface area contributed by atoms with Crippen LogP contribution in [-0.4, -0.2) is 38.9 Å². The average Bonchev–Trinajstić information content (AvgIpc) is 3.00. The molecule has 1 atom stereocenters. The highest BCUT2D eigenvalue weighted by atomic mass is 16.6. The molecular formula is C13H16N6O. The topological polar surface area (TPSA) is 86.0 Å². The number of nitrogens with two attached hydrogens (primary N) is 1. The summed E-state index contributed by atoms with van der Waals surface area (Å²) in [4.78, 5) is 6.70. The Labute approximate surface area is 116 Å². The number of aromatic nitrogens is 4. The molecule has 0 aliphatic heterocycles. The molecule has 0 fully saturated rings. The Bertz CT molecular complexity index is 744. The Morgan fingerprint density at radius 1 is 1.25 bits per heavy atom. The summed E-state index contributed by atoms with van der Waals surface area (Å²) in [7, 11) is 4.02. The van der Waals surface area contributed by atoms with E-state index < -0.39 is 0 Å². The van der Waals surface area contributed by atoms with Crippen LogP contribution < -0.4 is 5.73 Å². The number of nitrogens with zero attached hydrogens (tertiary/aromatic N) is 5. The van der Waals surface area contributed by atoms with Crippen molar-refractivity contribution in [3.8, 4) is 11.5 Å². The van der Waals surface area contributed by atoms with Crippen LogP contribution in [-0.2, 0) is 0 Å². The second-order valence-electron chi connectivity index (χ2n) is 4.89. The predicted octanol–water partition coefficient (Wildman–Crippen LogP) is 1.75. The molecule has 0 saturated heterocycles. The third-order valence-corrected chi connectivity index (χ3v) is 3.44. The van der Waals surface area contributed by atoms with Crippen molar-refractivity contribution in [3.63, 3.8) is 0 Å². The van der Waals surface area contributed by atoms with E-state index in [1.807, 2.05) is 38.4 Å². The van der Waals surface area contributed by atoms with E-state index in [-0.39, 0.29) is 12.0 Å². The van der Waals surface area contributed by atoms with Crippen molar-refractivity contribution in [2.24, 2.45) is 0 Å². The fraction of sp³-hybridized carbons (Fsp3) is 0.308. The Morgan fingerprint density at radius 3 is 2.65 bits per heavy atom. The van der Waals surface area contributed by atoms with Crippen LogP contribution in [0.3, 0.4) is 0 Å². The molecule has 3 aromatic rings. The van der Waals surface area contributed by atoms with Crippen LogP contribution in [0.1, 0.15) is 13.1 Å². The van der Waals surface area contributed by atoms with Crippen LogP contribution in [0, 0.1) is 0 Å². The molecule has 0 aliphatic rings. The summed E-state index contributed by atoms with van der Waals surface area (Å²) in [5.41, 5.74) is 8.18. The van der Waals surface area contributed by atoms with Gasteiger partial charge >= 0.3 is 0 Å². The van der Waals surface area contributed by atoms with Gasteiger partial charge in [0.2, 0.25) is 0 Å². The summed E-state index contributed by atoms with van der Waals surface area (Å²) in [6.45, 7) is 2.08. The maximum atomic E-state index is 5.81. The number of rotatable bonds is 3. The minimum Gasteiger partial charge on any atom is -0.379 e. The van der Waals surface area contributed by atoms with Gasteiger partial charge in [-0.1, -0.05) is 12.1 Å². The molecular weight excluding hydrogens is 256 g/mol. The standard InChI is InChI=1S/C13H16N6O/c1-8(18(2)3)19-10-7-5-4-6-9(10)15-13(19)11-12(14)17-20-16-11/h4-8H,1-3H3,(H2,14,17). The SMILES string of the molecule is CC(N(C)C)n1c(-c2nonc2N)nc2ccccc21. The summed E-state index contributed by atoms with van der Waals surface area (Å²) in [6, 6.07) is 7.92. The number of anilines is 1. The Hall–Kier alpha value is -2.41. The van der Waals surface area contributed by atoms with Gasteiger partial charge in [0.1, 0.15) is 0 Å². The maximum absolute atomic E-state index is 5.81. The monoisotopic (exact) mass is 272 g/mol. The second-order valence-corrected chi connectivity index (χ2v) is 4.89. The fourth-order valence-corrected chi connectivity index (χ4v) is 2.17. The molecule has 0 radical (unpaired) electrons. The molecule has 0 saturated carbocycles. The summed E-state index contributed by atoms with van der Waals surface area (Å²) < 4.78 is 6.77. The molecule has 7 nitrogen and oxygen atoms in total. The molecule has 1 unspecified atom stereocenters. The number of fused-ring (bicyclic) bond motifs is 1. The van der Waals surface area contributed by atoms with Gasteiger partial charge < -0.3 is 10.3 Å². The number of nitrogen functional groups attached to an aromatic ring is 1. The fourth-order valence-electron chi connectivity index (χ4n) is 2.17. The zero-order valence-corrected chi connectivity index (χ0v) is 11.6. The van der Waals surface area contributed by atoms with Crippen LogP contribution in [0.25, 0.3) is 22.6 Å². The zero-order valence-electron chi connectivity index (χ0n) is 11.6. The first-order valence-electron chi connectivity index (χ1n) is 6.31. The van der Waals surface area contributed by atoms with Crippen molar-refractivity contribution in [2.75, 3.05) is 19.8 Å². The van der Waals surface area contributed by atoms with E-state index in [0.717, 1.165) is 11.0 Å². The molecule has 0 aliphatic carbocycles. The predicted molar refractivity (Wildman–Crippen MR) is 75.8 cm³/mol. The molecule has 2 N–H and O–H groups in total. The van der Waals surface area contributed by atoms with Gasteiger partial charge in [0, 0.05) is 0 Å². The number of hydrogen-bond acceptors (Lipinski definition) is 6. The third kappa shape index (κ3) is 1.83. The Balaban J connectivity index is 2.31. The van der Waals surface area contributed by atoms with Crippen molar-refractivity contribution in [3.05, 3.63) is 24.3 Å². The van der Waals surface area contributed by atoms with Gasteiger partial charge in [0.05, 0.1) is 17.2 Å². The quantitative estimate of drug-likeness (QED) is 0.781. The number of benzene rings is 1. The van der Waals surface area contributed by atoms with E-state index in [9.17, 15) is 0 Å². The van der Waals surface area contributed by atoms with Crippen LogP contribution >= 0.6 is 0 Å². The highest BCUT2D eigenvalue weighted by Crippen LogP contribution is 2.30. The Morgan fingerprint density at radius 2 is 2.00 bits per heavy atom. The molecule has 0 bridgehead atoms. The smallest absolute Gasteiger partial charge is 0.199 e. The summed E-state index contributed by atoms with van der Waals surface area (Å²) in [5, 5.41) is 7.50. The molecule has 3 rings (SSSR count). The lowest BCUT2D eigenvalue weighted by molar-refractivity contribution is 0.245. The van der Waals surface area contributed by atoms with Crippen LogP contribution in [0.15, 0.2) is 28.9 Å². The van der Waals surface area contributed by atoms with Gasteiger partial charge in [-0.05, 0) is 43.5 Å². The van der Waals surface area contributed by atoms with Crippen molar-refractivity contribution < 1.29 is 4.63 Å². The zero-order chi connectivity index (χ0) is 14.3. The molecule has 104 valence electrons. The lowest BCUT2D eigenvalue weighted by Crippen LogP contribution is -2.23. The minimum atomic E-state index is 0.0912. The van der Waals surface area contributed by atoms with Crippen LogP contribution in [0.2, 0.25) is 0 Å². The van der Waals surface area contributed by atoms with Gasteiger partial charge in [-0.15, -0.1) is 0 Å². The first kappa shape index (κ1) is 12.6. The number of para-hydroxylation sites is 2. The van der Waals surface area contributed by atoms with Gasteiger partial charge in [0.15, 0.2) is 17.3 Å². The summed E-state index contributed by atoms with van der Waals surface area (Å²) in [6.07, 6.45) is 0.0912. The van der Waals surface area contributed by atoms with E-state index >= 15 is 0 Å². The van der Waals surface area contributed by atoms with Gasteiger partial charge in [-0.2, -0.15) is 0 Å². The minimum absolute atomic E-state index is 0.0912. The van der Waals surface area contributed by atoms with Crippen molar-refractivity contribution in [1.82, 2.24) is 24.8 Å². The highest BCUT2D eigenvalue weighted by Gasteiger charge is 2.22. The lowest BCUT2D eigenvalue weighted by atomic mass is 10.3. The third-order valence-electron chi connectivity index (χ3n) is 3.44. The molecule has 2 heterocycles. The van der Waals surface area contributed by atoms with Gasteiger partial charge in [-0.3, -0.25) is 4.90 Å². The molecule has 2 aromatic heterocycles. The van der Waals surface area contributed by atoms with E-state index in [4.69, 9.17) is 10.4 Å². The maximum Gasteiger partial charge on any atom is 0.199 e. The van der Waals surface area contributed by atoms with E-state index in [2.05, 4.69) is 31.7 Å². The second kappa shape index (κ2) is 4.61. The number of imidazole rings is 1. The lowest BCUT2D eigenvalue weighted by Gasteiger charge is -2.23. The normalized spacial score (nSPS) is 13.2. The van der Waals surface area contributed by atoms with Crippen molar-refractivity contribution >= 4 is 16.9 Å². The molecule has 0 amide bonds. The van der Waals surface area contributed by atoms with E-state index in [0.29, 0.717) is 11.5 Å². The average molecular weight is 272 g/mol.